The van der Waals surface area contributed by atoms with Gasteiger partial charge in [0.25, 0.3) is 0 Å². The first-order chi connectivity index (χ1) is 10.0. The van der Waals surface area contributed by atoms with E-state index in [0.717, 1.165) is 18.0 Å². The Labute approximate surface area is 135 Å². The molecule has 1 N–H and O–H groups in total. The van der Waals surface area contributed by atoms with E-state index < -0.39 is 0 Å². The summed E-state index contributed by atoms with van der Waals surface area (Å²) in [4.78, 5) is 1.89. The van der Waals surface area contributed by atoms with Gasteiger partial charge in [-0.3, -0.25) is 4.90 Å². The molecule has 0 atom stereocenters. The zero-order valence-corrected chi connectivity index (χ0v) is 14.8. The van der Waals surface area contributed by atoms with Crippen LogP contribution in [0.1, 0.15) is 56.6 Å². The van der Waals surface area contributed by atoms with Crippen LogP contribution in [0.15, 0.2) is 24.3 Å². The molecule has 0 amide bonds. The summed E-state index contributed by atoms with van der Waals surface area (Å²) in [6.07, 6.45) is 7.11. The van der Waals surface area contributed by atoms with Crippen molar-refractivity contribution >= 4 is 12.0 Å². The minimum atomic E-state index is 0.658. The van der Waals surface area contributed by atoms with Gasteiger partial charge in [0.15, 0.2) is 0 Å². The van der Waals surface area contributed by atoms with E-state index in [1.807, 2.05) is 19.0 Å². The van der Waals surface area contributed by atoms with Gasteiger partial charge in [-0.05, 0) is 43.5 Å². The monoisotopic (exact) mass is 309 g/mol. The predicted molar refractivity (Wildman–Crippen MR) is 95.0 cm³/mol. The van der Waals surface area contributed by atoms with Crippen LogP contribution in [-0.2, 0) is 6.42 Å². The van der Waals surface area contributed by atoms with Crippen LogP contribution in [-0.4, -0.2) is 29.4 Å². The van der Waals surface area contributed by atoms with Gasteiger partial charge in [-0.15, -0.1) is 0 Å². The molecule has 0 radical (unpaired) electrons. The van der Waals surface area contributed by atoms with Gasteiger partial charge in [-0.25, -0.2) is 0 Å². The van der Waals surface area contributed by atoms with E-state index in [-0.39, 0.29) is 0 Å². The van der Waals surface area contributed by atoms with E-state index in [9.17, 15) is 0 Å². The fourth-order valence-corrected chi connectivity index (χ4v) is 2.93. The van der Waals surface area contributed by atoms with Crippen molar-refractivity contribution in [2.24, 2.45) is 5.92 Å². The molecular weight excluding hydrogens is 278 g/mol. The maximum Gasteiger partial charge on any atom is 0.0703 e. The van der Waals surface area contributed by atoms with Crippen LogP contribution in [0.25, 0.3) is 0 Å². The van der Waals surface area contributed by atoms with E-state index in [4.69, 9.17) is 4.55 Å². The third-order valence-corrected chi connectivity index (χ3v) is 4.59. The molecule has 0 heterocycles. The average Bonchev–Trinajstić information content (AvgIpc) is 2.93. The molecule has 120 valence electrons. The summed E-state index contributed by atoms with van der Waals surface area (Å²) in [6.45, 7) is 4.51. The second-order valence-corrected chi connectivity index (χ2v) is 7.11. The molecule has 3 heteroatoms. The van der Waals surface area contributed by atoms with Crippen molar-refractivity contribution in [1.29, 1.82) is 0 Å². The lowest BCUT2D eigenvalue weighted by Crippen LogP contribution is -2.08. The van der Waals surface area contributed by atoms with Gasteiger partial charge in [0.1, 0.15) is 0 Å². The molecule has 0 aliphatic heterocycles. The summed E-state index contributed by atoms with van der Waals surface area (Å²) < 4.78 is 8.11. The van der Waals surface area contributed by atoms with Crippen LogP contribution in [0.5, 0.6) is 0 Å². The first-order valence-corrected chi connectivity index (χ1v) is 8.97. The number of rotatable bonds is 5. The van der Waals surface area contributed by atoms with E-state index >= 15 is 0 Å². The Kier molecular flexibility index (Phi) is 9.05. The molecule has 0 unspecified atom stereocenters. The Morgan fingerprint density at radius 3 is 2.10 bits per heavy atom. The van der Waals surface area contributed by atoms with E-state index in [1.165, 1.54) is 43.2 Å². The molecule has 0 bridgehead atoms. The van der Waals surface area contributed by atoms with Crippen LogP contribution in [0.2, 0.25) is 0 Å². The molecule has 1 saturated carbocycles. The Morgan fingerprint density at radius 2 is 1.71 bits per heavy atom. The molecule has 0 saturated heterocycles. The normalized spacial score (nSPS) is 15.4. The summed E-state index contributed by atoms with van der Waals surface area (Å²) >= 11 is 0.836. The molecule has 1 aromatic carbocycles. The Hall–Kier alpha value is -0.510. The van der Waals surface area contributed by atoms with Crippen molar-refractivity contribution < 1.29 is 4.55 Å². The first kappa shape index (κ1) is 18.5. The second-order valence-electron chi connectivity index (χ2n) is 6.59. The topological polar surface area (TPSA) is 23.5 Å². The zero-order chi connectivity index (χ0) is 15.7. The van der Waals surface area contributed by atoms with Gasteiger partial charge >= 0.3 is 0 Å². The average molecular weight is 310 g/mol. The lowest BCUT2D eigenvalue weighted by molar-refractivity contribution is 0.474. The van der Waals surface area contributed by atoms with E-state index in [2.05, 4.69) is 38.1 Å². The summed E-state index contributed by atoms with van der Waals surface area (Å²) in [5, 5.41) is 0. The molecule has 0 spiro atoms. The number of benzene rings is 1. The third-order valence-electron chi connectivity index (χ3n) is 3.96. The fraction of sp³-hybridized carbons (Fsp3) is 0.667. The van der Waals surface area contributed by atoms with Gasteiger partial charge in [0.05, 0.1) is 5.88 Å². The Bertz CT molecular complexity index is 369. The summed E-state index contributed by atoms with van der Waals surface area (Å²) in [5.41, 5.74) is 3.00. The maximum absolute atomic E-state index is 8.11. The molecule has 0 aromatic heterocycles. The maximum atomic E-state index is 8.11. The molecular formula is C18H31NOS. The number of hydrogen-bond acceptors (Lipinski definition) is 3. The molecule has 1 fully saturated rings. The summed E-state index contributed by atoms with van der Waals surface area (Å²) in [6, 6.07) is 9.26. The van der Waals surface area contributed by atoms with Gasteiger partial charge in [-0.1, -0.05) is 63.8 Å². The van der Waals surface area contributed by atoms with Crippen LogP contribution < -0.4 is 0 Å². The zero-order valence-electron chi connectivity index (χ0n) is 14.0. The molecule has 21 heavy (non-hydrogen) atoms. The minimum absolute atomic E-state index is 0.658. The Morgan fingerprint density at radius 1 is 1.14 bits per heavy atom. The van der Waals surface area contributed by atoms with Crippen LogP contribution in [0.3, 0.4) is 0 Å². The minimum Gasteiger partial charge on any atom is -0.329 e. The van der Waals surface area contributed by atoms with Gasteiger partial charge < -0.3 is 4.55 Å². The summed E-state index contributed by atoms with van der Waals surface area (Å²) in [5.74, 6) is 2.31. The van der Waals surface area contributed by atoms with Crippen LogP contribution >= 0.6 is 12.0 Å². The molecule has 2 rings (SSSR count). The van der Waals surface area contributed by atoms with E-state index in [1.54, 1.807) is 0 Å². The first-order valence-electron chi connectivity index (χ1n) is 8.02. The Balaban J connectivity index is 0.000000315. The lowest BCUT2D eigenvalue weighted by Gasteiger charge is -2.10. The predicted octanol–water partition coefficient (Wildman–Crippen LogP) is 5.25. The highest BCUT2D eigenvalue weighted by Crippen LogP contribution is 2.28. The fourth-order valence-electron chi connectivity index (χ4n) is 2.70. The molecule has 1 aromatic rings. The van der Waals surface area contributed by atoms with Crippen LogP contribution in [0.4, 0.5) is 0 Å². The SMILES string of the molecule is CC(C)c1ccc(CC2CCCC2)cc1.CN(C)CSO. The second kappa shape index (κ2) is 10.3. The summed E-state index contributed by atoms with van der Waals surface area (Å²) in [7, 11) is 3.81. The standard InChI is InChI=1S/C15H22.C3H9NOS/c1-12(2)15-9-7-14(8-10-15)11-13-5-3-4-6-13;1-4(2)3-6-5/h7-10,12-13H,3-6,11H2,1-2H3;5H,3H2,1-2H3. The molecule has 1 aliphatic rings. The van der Waals surface area contributed by atoms with Crippen molar-refractivity contribution in [1.82, 2.24) is 4.90 Å². The molecule has 2 nitrogen and oxygen atoms in total. The van der Waals surface area contributed by atoms with Crippen LogP contribution in [0, 0.1) is 5.92 Å². The van der Waals surface area contributed by atoms with Gasteiger partial charge in [0.2, 0.25) is 0 Å². The lowest BCUT2D eigenvalue weighted by atomic mass is 9.95. The van der Waals surface area contributed by atoms with Crippen molar-refractivity contribution in [3.8, 4) is 0 Å². The van der Waals surface area contributed by atoms with Gasteiger partial charge in [0, 0.05) is 12.0 Å². The van der Waals surface area contributed by atoms with Crippen molar-refractivity contribution in [3.63, 3.8) is 0 Å². The highest BCUT2D eigenvalue weighted by atomic mass is 32.2. The largest absolute Gasteiger partial charge is 0.329 e. The smallest absolute Gasteiger partial charge is 0.0703 e. The highest BCUT2D eigenvalue weighted by Gasteiger charge is 2.15. The van der Waals surface area contributed by atoms with Crippen molar-refractivity contribution in [3.05, 3.63) is 35.4 Å². The molecule has 1 aliphatic carbocycles. The number of nitrogens with zero attached hydrogens (tertiary/aromatic N) is 1. The van der Waals surface area contributed by atoms with E-state index in [0.29, 0.717) is 11.8 Å². The van der Waals surface area contributed by atoms with Crippen molar-refractivity contribution in [2.45, 2.75) is 51.9 Å². The highest BCUT2D eigenvalue weighted by molar-refractivity contribution is 7.93. The quantitative estimate of drug-likeness (QED) is 0.593. The van der Waals surface area contributed by atoms with Gasteiger partial charge in [-0.2, -0.15) is 0 Å². The number of hydrogen-bond donors (Lipinski definition) is 1. The third kappa shape index (κ3) is 7.89. The van der Waals surface area contributed by atoms with Crippen molar-refractivity contribution in [2.75, 3.05) is 20.0 Å².